The molecule has 0 radical (unpaired) electrons. The van der Waals surface area contributed by atoms with Crippen LogP contribution in [0.25, 0.3) is 21.9 Å². The van der Waals surface area contributed by atoms with Crippen LogP contribution in [0.15, 0.2) is 52.4 Å². The Labute approximate surface area is 144 Å². The lowest BCUT2D eigenvalue weighted by Gasteiger charge is -2.01. The molecule has 2 aromatic carbocycles. The van der Waals surface area contributed by atoms with Gasteiger partial charge < -0.3 is 9.97 Å². The van der Waals surface area contributed by atoms with Gasteiger partial charge in [0, 0.05) is 12.1 Å². The summed E-state index contributed by atoms with van der Waals surface area (Å²) in [6.07, 6.45) is 0. The Bertz CT molecular complexity index is 1170. The molecular weight excluding hydrogens is 342 g/mol. The van der Waals surface area contributed by atoms with Gasteiger partial charge in [-0.3, -0.25) is 14.9 Å². The lowest BCUT2D eigenvalue weighted by atomic mass is 10.2. The van der Waals surface area contributed by atoms with E-state index in [1.807, 2.05) is 6.07 Å². The van der Waals surface area contributed by atoms with Crippen LogP contribution in [0.4, 0.5) is 5.69 Å². The number of hydrogen-bond acceptors (Lipinski definition) is 6. The van der Waals surface area contributed by atoms with Gasteiger partial charge in [-0.1, -0.05) is 23.9 Å². The first-order valence-electron chi connectivity index (χ1n) is 7.35. The highest BCUT2D eigenvalue weighted by atomic mass is 32.2. The second kappa shape index (κ2) is 6.02. The molecule has 0 unspecified atom stereocenters. The Morgan fingerprint density at radius 1 is 1.08 bits per heavy atom. The number of thioether (sulfide) groups is 1. The first kappa shape index (κ1) is 15.3. The molecule has 25 heavy (non-hydrogen) atoms. The summed E-state index contributed by atoms with van der Waals surface area (Å²) in [4.78, 5) is 37.1. The van der Waals surface area contributed by atoms with Crippen LogP contribution >= 0.6 is 11.8 Å². The van der Waals surface area contributed by atoms with E-state index in [4.69, 9.17) is 0 Å². The topological polar surface area (TPSA) is 118 Å². The van der Waals surface area contributed by atoms with E-state index < -0.39 is 4.92 Å². The van der Waals surface area contributed by atoms with Gasteiger partial charge in [0.05, 0.1) is 32.6 Å². The van der Waals surface area contributed by atoms with Crippen molar-refractivity contribution in [3.63, 3.8) is 0 Å². The van der Waals surface area contributed by atoms with E-state index >= 15 is 0 Å². The third kappa shape index (κ3) is 2.96. The molecule has 0 aliphatic rings. The average molecular weight is 353 g/mol. The number of aromatic amines is 2. The summed E-state index contributed by atoms with van der Waals surface area (Å²) in [5, 5.41) is 11.9. The van der Waals surface area contributed by atoms with Crippen LogP contribution in [0.3, 0.4) is 0 Å². The normalized spacial score (nSPS) is 11.2. The number of hydrogen-bond donors (Lipinski definition) is 2. The molecule has 0 atom stereocenters. The number of nitrogens with one attached hydrogen (secondary N) is 2. The van der Waals surface area contributed by atoms with Crippen LogP contribution in [0.5, 0.6) is 0 Å². The van der Waals surface area contributed by atoms with Crippen LogP contribution in [-0.4, -0.2) is 24.9 Å². The fourth-order valence-corrected chi connectivity index (χ4v) is 3.24. The van der Waals surface area contributed by atoms with E-state index in [0.29, 0.717) is 38.7 Å². The summed E-state index contributed by atoms with van der Waals surface area (Å²) in [5.74, 6) is 1.10. The van der Waals surface area contributed by atoms with Crippen molar-refractivity contribution in [3.8, 4) is 0 Å². The van der Waals surface area contributed by atoms with Gasteiger partial charge in [0.15, 0.2) is 5.16 Å². The summed E-state index contributed by atoms with van der Waals surface area (Å²) < 4.78 is 0. The van der Waals surface area contributed by atoms with Gasteiger partial charge in [-0.25, -0.2) is 9.97 Å². The van der Waals surface area contributed by atoms with Crippen molar-refractivity contribution in [1.82, 2.24) is 19.9 Å². The number of non-ortho nitro benzene ring substituents is 1. The minimum atomic E-state index is -0.446. The number of para-hydroxylation sites is 1. The van der Waals surface area contributed by atoms with Crippen LogP contribution in [0.1, 0.15) is 5.82 Å². The Morgan fingerprint density at radius 2 is 1.92 bits per heavy atom. The SMILES string of the molecule is O=c1[nH]c(SCc2nc3ccc([N+](=O)[O-])cc3[nH]2)nc2ccccc12. The molecule has 0 bridgehead atoms. The molecule has 2 aromatic heterocycles. The zero-order valence-corrected chi connectivity index (χ0v) is 13.5. The quantitative estimate of drug-likeness (QED) is 0.252. The summed E-state index contributed by atoms with van der Waals surface area (Å²) in [5.41, 5.74) is 1.71. The molecule has 2 N–H and O–H groups in total. The number of imidazole rings is 1. The zero-order valence-electron chi connectivity index (χ0n) is 12.7. The minimum Gasteiger partial charge on any atom is -0.341 e. The molecule has 0 amide bonds. The van der Waals surface area contributed by atoms with Crippen molar-refractivity contribution < 1.29 is 4.92 Å². The van der Waals surface area contributed by atoms with Gasteiger partial charge >= 0.3 is 0 Å². The Kier molecular flexibility index (Phi) is 3.69. The van der Waals surface area contributed by atoms with Gasteiger partial charge in [-0.2, -0.15) is 0 Å². The average Bonchev–Trinajstić information content (AvgIpc) is 3.02. The van der Waals surface area contributed by atoms with Crippen molar-refractivity contribution in [2.24, 2.45) is 0 Å². The molecule has 0 saturated carbocycles. The first-order chi connectivity index (χ1) is 12.1. The third-order valence-electron chi connectivity index (χ3n) is 3.66. The molecular formula is C16H11N5O3S. The van der Waals surface area contributed by atoms with Crippen LogP contribution in [0.2, 0.25) is 0 Å². The van der Waals surface area contributed by atoms with E-state index in [9.17, 15) is 14.9 Å². The molecule has 9 heteroatoms. The number of nitrogens with zero attached hydrogens (tertiary/aromatic N) is 3. The number of rotatable bonds is 4. The summed E-state index contributed by atoms with van der Waals surface area (Å²) in [6, 6.07) is 11.6. The highest BCUT2D eigenvalue weighted by Gasteiger charge is 2.10. The number of fused-ring (bicyclic) bond motifs is 2. The monoisotopic (exact) mass is 353 g/mol. The minimum absolute atomic E-state index is 0.0101. The molecule has 0 saturated heterocycles. The van der Waals surface area contributed by atoms with E-state index in [0.717, 1.165) is 0 Å². The summed E-state index contributed by atoms with van der Waals surface area (Å²) >= 11 is 1.33. The zero-order chi connectivity index (χ0) is 17.4. The number of aromatic nitrogens is 4. The third-order valence-corrected chi connectivity index (χ3v) is 4.55. The predicted octanol–water partition coefficient (Wildman–Crippen LogP) is 3.00. The summed E-state index contributed by atoms with van der Waals surface area (Å²) in [6.45, 7) is 0. The maximum absolute atomic E-state index is 12.1. The second-order valence-electron chi connectivity index (χ2n) is 5.32. The number of benzene rings is 2. The van der Waals surface area contributed by atoms with Crippen molar-refractivity contribution in [2.75, 3.05) is 0 Å². The molecule has 2 heterocycles. The van der Waals surface area contributed by atoms with Crippen LogP contribution in [-0.2, 0) is 5.75 Å². The largest absolute Gasteiger partial charge is 0.341 e. The Balaban J connectivity index is 1.60. The number of nitro groups is 1. The van der Waals surface area contributed by atoms with Gasteiger partial charge in [0.2, 0.25) is 0 Å². The van der Waals surface area contributed by atoms with Gasteiger partial charge in [-0.05, 0) is 18.2 Å². The number of H-pyrrole nitrogens is 2. The highest BCUT2D eigenvalue weighted by molar-refractivity contribution is 7.98. The first-order valence-corrected chi connectivity index (χ1v) is 8.33. The van der Waals surface area contributed by atoms with Gasteiger partial charge in [0.25, 0.3) is 11.2 Å². The van der Waals surface area contributed by atoms with Crippen molar-refractivity contribution in [3.05, 3.63) is 68.8 Å². The molecule has 0 aliphatic carbocycles. The van der Waals surface area contributed by atoms with Gasteiger partial charge in [-0.15, -0.1) is 0 Å². The van der Waals surface area contributed by atoms with Crippen LogP contribution < -0.4 is 5.56 Å². The smallest absolute Gasteiger partial charge is 0.271 e. The fraction of sp³-hybridized carbons (Fsp3) is 0.0625. The van der Waals surface area contributed by atoms with Gasteiger partial charge in [0.1, 0.15) is 5.82 Å². The molecule has 8 nitrogen and oxygen atoms in total. The lowest BCUT2D eigenvalue weighted by molar-refractivity contribution is -0.384. The molecule has 0 aliphatic heterocycles. The van der Waals surface area contributed by atoms with E-state index in [-0.39, 0.29) is 11.2 Å². The maximum atomic E-state index is 12.1. The van der Waals surface area contributed by atoms with Crippen LogP contribution in [0, 0.1) is 10.1 Å². The van der Waals surface area contributed by atoms with Crippen molar-refractivity contribution in [2.45, 2.75) is 10.9 Å². The van der Waals surface area contributed by atoms with Crippen molar-refractivity contribution in [1.29, 1.82) is 0 Å². The van der Waals surface area contributed by atoms with Crippen molar-refractivity contribution >= 4 is 39.4 Å². The van der Waals surface area contributed by atoms with E-state index in [1.165, 1.54) is 23.9 Å². The fourth-order valence-electron chi connectivity index (χ4n) is 2.50. The Hall–Kier alpha value is -3.20. The summed E-state index contributed by atoms with van der Waals surface area (Å²) in [7, 11) is 0. The standard InChI is InChI=1S/C16H11N5O3S/c22-15-10-3-1-2-4-11(10)19-16(20-15)25-8-14-17-12-6-5-9(21(23)24)7-13(12)18-14/h1-7H,8H2,(H,17,18)(H,19,20,22). The van der Waals surface area contributed by atoms with E-state index in [1.54, 1.807) is 24.3 Å². The Morgan fingerprint density at radius 3 is 2.76 bits per heavy atom. The highest BCUT2D eigenvalue weighted by Crippen LogP contribution is 2.23. The molecule has 124 valence electrons. The molecule has 4 aromatic rings. The van der Waals surface area contributed by atoms with E-state index in [2.05, 4.69) is 19.9 Å². The lowest BCUT2D eigenvalue weighted by Crippen LogP contribution is -2.08. The molecule has 0 spiro atoms. The predicted molar refractivity (Wildman–Crippen MR) is 94.7 cm³/mol. The maximum Gasteiger partial charge on any atom is 0.271 e. The molecule has 0 fully saturated rings. The number of nitro benzene ring substituents is 1. The second-order valence-corrected chi connectivity index (χ2v) is 6.28. The molecule has 4 rings (SSSR count).